The Morgan fingerprint density at radius 1 is 1.02 bits per heavy atom. The van der Waals surface area contributed by atoms with Crippen LogP contribution in [0.3, 0.4) is 0 Å². The summed E-state index contributed by atoms with van der Waals surface area (Å²) >= 11 is 0. The van der Waals surface area contributed by atoms with Gasteiger partial charge in [0.1, 0.15) is 30.7 Å². The lowest BCUT2D eigenvalue weighted by atomic mass is 9.55. The number of phenolic OH excluding ortho intramolecular Hbond substituents is 2. The van der Waals surface area contributed by atoms with E-state index >= 15 is 0 Å². The molecule has 3 aliphatic carbocycles. The number of carbonyl (C=O) groups excluding carboxylic acids is 1. The Bertz CT molecular complexity index is 2430. The molecule has 2 fully saturated rings. The molecule has 11 unspecified atom stereocenters. The fraction of sp³-hybridized carbons (Fsp3) is 0.364. The summed E-state index contributed by atoms with van der Waals surface area (Å²) in [5.41, 5.74) is 8.02. The smallest absolute Gasteiger partial charge is 0.355 e. The van der Waals surface area contributed by atoms with E-state index in [4.69, 9.17) is 15.2 Å². The fourth-order valence-electron chi connectivity index (χ4n) is 10.5. The topological polar surface area (TPSA) is 268 Å². The van der Waals surface area contributed by atoms with Crippen molar-refractivity contribution in [1.29, 1.82) is 0 Å². The molecule has 312 valence electrons. The summed E-state index contributed by atoms with van der Waals surface area (Å²) in [6.45, 7) is -0.599. The normalized spacial score (nSPS) is 34.7. The van der Waals surface area contributed by atoms with Crippen LogP contribution in [0.2, 0.25) is 0 Å². The van der Waals surface area contributed by atoms with Crippen molar-refractivity contribution in [3.8, 4) is 17.2 Å². The summed E-state index contributed by atoms with van der Waals surface area (Å²) in [4.78, 5) is 38.3. The summed E-state index contributed by atoms with van der Waals surface area (Å²) in [6, 6.07) is 14.5. The van der Waals surface area contributed by atoms with E-state index < -0.39 is 89.2 Å². The van der Waals surface area contributed by atoms with E-state index in [0.717, 1.165) is 28.5 Å². The summed E-state index contributed by atoms with van der Waals surface area (Å²) in [5.74, 6) is -8.27. The summed E-state index contributed by atoms with van der Waals surface area (Å²) < 4.78 is 10.9. The molecule has 16 nitrogen and oxygen atoms in total. The number of fused-ring (bicyclic) bond motifs is 6. The van der Waals surface area contributed by atoms with Gasteiger partial charge in [0.05, 0.1) is 18.0 Å². The molecular weight excluding hydrogens is 776 g/mol. The van der Waals surface area contributed by atoms with Crippen LogP contribution in [-0.2, 0) is 26.2 Å². The van der Waals surface area contributed by atoms with Gasteiger partial charge in [-0.05, 0) is 71.2 Å². The predicted octanol–water partition coefficient (Wildman–Crippen LogP) is 1.48. The molecule has 0 aromatic heterocycles. The number of allylic oxidation sites excluding steroid dienone is 2. The van der Waals surface area contributed by atoms with Crippen molar-refractivity contribution < 1.29 is 59.9 Å². The number of hydrogen-bond acceptors (Lipinski definition) is 14. The molecule has 16 heteroatoms. The van der Waals surface area contributed by atoms with Crippen molar-refractivity contribution >= 4 is 41.6 Å². The number of anilines is 1. The first kappa shape index (κ1) is 39.7. The van der Waals surface area contributed by atoms with Gasteiger partial charge in [0.25, 0.3) is 5.91 Å². The number of carboxylic acid groups (broad SMARTS) is 1. The lowest BCUT2D eigenvalue weighted by Gasteiger charge is -2.49. The zero-order chi connectivity index (χ0) is 42.3. The van der Waals surface area contributed by atoms with Gasteiger partial charge in [-0.3, -0.25) is 19.7 Å². The SMILES string of the molecule is NC1CCC2C=Cc3ccccc3C12C1C=CC2(C(=O)O)C1c1cc(O)c(OC3(O)OC(CO)C(O)C(O)C3O)cc1N2C(=O)C=Cc1ccc(O)c(CC2=NCN=C2)c1. The number of phenols is 2. The Morgan fingerprint density at radius 2 is 1.82 bits per heavy atom. The van der Waals surface area contributed by atoms with E-state index in [-0.39, 0.29) is 29.3 Å². The van der Waals surface area contributed by atoms with Gasteiger partial charge in [-0.1, -0.05) is 54.6 Å². The van der Waals surface area contributed by atoms with Crippen molar-refractivity contribution in [3.05, 3.63) is 107 Å². The molecule has 1 amide bonds. The molecule has 0 spiro atoms. The number of amides is 1. The van der Waals surface area contributed by atoms with E-state index in [0.29, 0.717) is 29.9 Å². The highest BCUT2D eigenvalue weighted by Gasteiger charge is 2.69. The van der Waals surface area contributed by atoms with Crippen molar-refractivity contribution in [2.24, 2.45) is 27.6 Å². The molecule has 3 aromatic carbocycles. The number of rotatable bonds is 9. The lowest BCUT2D eigenvalue weighted by molar-refractivity contribution is -0.422. The molecule has 10 N–H and O–H groups in total. The molecule has 9 rings (SSSR count). The number of carboxylic acids is 1. The number of benzene rings is 3. The molecule has 0 radical (unpaired) electrons. The van der Waals surface area contributed by atoms with Crippen LogP contribution in [0, 0.1) is 11.8 Å². The Balaban J connectivity index is 1.18. The van der Waals surface area contributed by atoms with Gasteiger partial charge in [-0.2, -0.15) is 0 Å². The molecule has 1 saturated carbocycles. The van der Waals surface area contributed by atoms with Crippen molar-refractivity contribution in [2.45, 2.75) is 72.6 Å². The number of hydrogen-bond donors (Lipinski definition) is 9. The van der Waals surface area contributed by atoms with E-state index in [1.807, 2.05) is 36.4 Å². The second-order valence-electron chi connectivity index (χ2n) is 16.2. The van der Waals surface area contributed by atoms with Crippen LogP contribution in [0.1, 0.15) is 46.6 Å². The molecule has 0 bridgehead atoms. The zero-order valence-electron chi connectivity index (χ0n) is 32.0. The average molecular weight is 821 g/mol. The number of aliphatic imine (C=N–C) groups is 2. The standard InChI is InChI=1S/C44H44N4O12/c45-35-11-9-25-8-7-23-3-1-2-4-28(23)43(25,35)29-13-14-42(41(56)57)37(29)27-17-32(51)33(59-44(58)40(55)39(54)38(53)34(20-49)60-44)18-30(27)48(42)36(52)12-6-22-5-10-31(50)24(15-22)16-26-19-46-21-47-26/h1-8,10,12-15,17-19,25,29,34-35,37-40,49-51,53-55,58H,9,11,16,20-21,45H2,(H,56,57). The van der Waals surface area contributed by atoms with Crippen LogP contribution < -0.4 is 15.4 Å². The van der Waals surface area contributed by atoms with Crippen LogP contribution in [-0.4, -0.2) is 120 Å². The van der Waals surface area contributed by atoms with E-state index in [1.165, 1.54) is 30.4 Å². The highest BCUT2D eigenvalue weighted by Crippen LogP contribution is 2.66. The molecular formula is C44H44N4O12. The average Bonchev–Trinajstić information content (AvgIpc) is 4.03. The molecule has 11 atom stereocenters. The Hall–Kier alpha value is -5.72. The van der Waals surface area contributed by atoms with Crippen LogP contribution in [0.4, 0.5) is 5.69 Å². The van der Waals surface area contributed by atoms with Gasteiger partial charge in [-0.25, -0.2) is 4.79 Å². The summed E-state index contributed by atoms with van der Waals surface area (Å²) in [6.07, 6.45) is 5.61. The third-order valence-corrected chi connectivity index (χ3v) is 13.2. The van der Waals surface area contributed by atoms with Gasteiger partial charge < -0.3 is 56.1 Å². The number of nitrogens with two attached hydrogens (primary N) is 1. The zero-order valence-corrected chi connectivity index (χ0v) is 32.0. The molecule has 1 saturated heterocycles. The van der Waals surface area contributed by atoms with Gasteiger partial charge >= 0.3 is 11.9 Å². The maximum atomic E-state index is 14.8. The van der Waals surface area contributed by atoms with Crippen molar-refractivity contribution in [2.75, 3.05) is 18.2 Å². The van der Waals surface area contributed by atoms with Gasteiger partial charge in [-0.15, -0.1) is 0 Å². The minimum atomic E-state index is -3.14. The molecule has 3 heterocycles. The van der Waals surface area contributed by atoms with E-state index in [9.17, 15) is 50.4 Å². The van der Waals surface area contributed by atoms with Gasteiger partial charge in [0.15, 0.2) is 23.1 Å². The minimum absolute atomic E-state index is 0.0140. The number of carbonyl (C=O) groups is 2. The molecule has 3 aliphatic heterocycles. The van der Waals surface area contributed by atoms with Crippen LogP contribution in [0.15, 0.2) is 88.9 Å². The Kier molecular flexibility index (Phi) is 9.59. The summed E-state index contributed by atoms with van der Waals surface area (Å²) in [5, 5.41) is 86.4. The number of aliphatic hydroxyl groups excluding tert-OH is 4. The second-order valence-corrected chi connectivity index (χ2v) is 16.2. The first-order chi connectivity index (χ1) is 28.7. The van der Waals surface area contributed by atoms with Gasteiger partial charge in [0, 0.05) is 47.7 Å². The number of aliphatic carboxylic acids is 1. The lowest BCUT2D eigenvalue weighted by Crippen LogP contribution is -2.67. The Labute approximate surface area is 343 Å². The molecule has 3 aromatic rings. The predicted molar refractivity (Wildman–Crippen MR) is 216 cm³/mol. The van der Waals surface area contributed by atoms with E-state index in [1.54, 1.807) is 18.3 Å². The van der Waals surface area contributed by atoms with E-state index in [2.05, 4.69) is 16.1 Å². The third-order valence-electron chi connectivity index (χ3n) is 13.2. The number of ether oxygens (including phenoxy) is 2. The van der Waals surface area contributed by atoms with Crippen LogP contribution in [0.25, 0.3) is 12.2 Å². The maximum absolute atomic E-state index is 14.8. The van der Waals surface area contributed by atoms with Gasteiger partial charge in [0.2, 0.25) is 0 Å². The first-order valence-electron chi connectivity index (χ1n) is 19.7. The number of aromatic hydroxyl groups is 2. The quantitative estimate of drug-likeness (QED) is 0.0843. The highest BCUT2D eigenvalue weighted by molar-refractivity contribution is 6.32. The molecule has 6 aliphatic rings. The van der Waals surface area contributed by atoms with Crippen LogP contribution in [0.5, 0.6) is 17.2 Å². The first-order valence-corrected chi connectivity index (χ1v) is 19.7. The maximum Gasteiger partial charge on any atom is 0.355 e. The number of aliphatic hydroxyl groups is 5. The fourth-order valence-corrected chi connectivity index (χ4v) is 10.5. The molecule has 60 heavy (non-hydrogen) atoms. The number of nitrogens with zero attached hydrogens (tertiary/aromatic N) is 3. The highest BCUT2D eigenvalue weighted by atomic mass is 16.8. The largest absolute Gasteiger partial charge is 0.508 e. The monoisotopic (exact) mass is 820 g/mol. The van der Waals surface area contributed by atoms with Crippen molar-refractivity contribution in [3.63, 3.8) is 0 Å². The third kappa shape index (κ3) is 5.78. The Morgan fingerprint density at radius 3 is 2.57 bits per heavy atom. The summed E-state index contributed by atoms with van der Waals surface area (Å²) in [7, 11) is 0. The van der Waals surface area contributed by atoms with Crippen LogP contribution >= 0.6 is 0 Å². The minimum Gasteiger partial charge on any atom is -0.508 e. The second kappa shape index (κ2) is 14.5. The van der Waals surface area contributed by atoms with Crippen molar-refractivity contribution in [1.82, 2.24) is 0 Å².